The van der Waals surface area contributed by atoms with E-state index in [1.807, 2.05) is 4.90 Å². The number of rotatable bonds is 4. The molecule has 26 heavy (non-hydrogen) atoms. The molecular weight excluding hydrogens is 360 g/mol. The average molecular weight is 385 g/mol. The van der Waals surface area contributed by atoms with Crippen LogP contribution in [0.2, 0.25) is 5.02 Å². The third kappa shape index (κ3) is 5.20. The molecule has 2 rings (SSSR count). The third-order valence-electron chi connectivity index (χ3n) is 4.25. The van der Waals surface area contributed by atoms with Gasteiger partial charge in [-0.25, -0.2) is 9.78 Å². The van der Waals surface area contributed by atoms with E-state index in [1.165, 1.54) is 12.3 Å². The molecule has 1 N–H and O–H groups in total. The van der Waals surface area contributed by atoms with Crippen LogP contribution in [0, 0.1) is 16.0 Å². The number of aromatic nitrogens is 1. The van der Waals surface area contributed by atoms with Gasteiger partial charge in [0.2, 0.25) is 5.82 Å². The van der Waals surface area contributed by atoms with Gasteiger partial charge in [0.25, 0.3) is 0 Å². The number of pyridine rings is 1. The molecule has 0 aromatic carbocycles. The Labute approximate surface area is 158 Å². The lowest BCUT2D eigenvalue weighted by Crippen LogP contribution is -2.51. The maximum atomic E-state index is 12.0. The van der Waals surface area contributed by atoms with Crippen LogP contribution >= 0.6 is 11.6 Å². The van der Waals surface area contributed by atoms with Crippen molar-refractivity contribution in [3.05, 3.63) is 27.4 Å². The van der Waals surface area contributed by atoms with Crippen LogP contribution in [0.3, 0.4) is 0 Å². The summed E-state index contributed by atoms with van der Waals surface area (Å²) in [4.78, 5) is 29.0. The Morgan fingerprint density at radius 2 is 2.23 bits per heavy atom. The number of carbonyl (C=O) groups is 1. The zero-order valence-corrected chi connectivity index (χ0v) is 16.2. The number of alkyl carbamates (subject to hydrolysis) is 1. The van der Waals surface area contributed by atoms with E-state index < -0.39 is 16.6 Å². The summed E-state index contributed by atoms with van der Waals surface area (Å²) in [5.74, 6) is 0.512. The van der Waals surface area contributed by atoms with Gasteiger partial charge >= 0.3 is 11.8 Å². The fourth-order valence-corrected chi connectivity index (χ4v) is 3.25. The van der Waals surface area contributed by atoms with E-state index in [-0.39, 0.29) is 28.5 Å². The molecule has 144 valence electrons. The molecular formula is C17H25ClN4O4. The van der Waals surface area contributed by atoms with Crippen molar-refractivity contribution in [2.24, 2.45) is 5.92 Å². The first-order valence-corrected chi connectivity index (χ1v) is 8.99. The second-order valence-corrected chi connectivity index (χ2v) is 7.95. The van der Waals surface area contributed by atoms with E-state index in [9.17, 15) is 14.9 Å². The van der Waals surface area contributed by atoms with E-state index in [1.54, 1.807) is 20.8 Å². The number of hydrogen-bond acceptors (Lipinski definition) is 6. The molecule has 1 aromatic heterocycles. The van der Waals surface area contributed by atoms with Gasteiger partial charge in [-0.2, -0.15) is 0 Å². The highest BCUT2D eigenvalue weighted by Crippen LogP contribution is 2.34. The lowest BCUT2D eigenvalue weighted by molar-refractivity contribution is -0.384. The van der Waals surface area contributed by atoms with Crippen LogP contribution in [-0.2, 0) is 4.74 Å². The maximum Gasteiger partial charge on any atom is 0.407 e. The first kappa shape index (κ1) is 20.2. The Balaban J connectivity index is 2.21. The van der Waals surface area contributed by atoms with Crippen molar-refractivity contribution >= 4 is 29.2 Å². The van der Waals surface area contributed by atoms with Gasteiger partial charge in [0.1, 0.15) is 5.60 Å². The molecule has 1 aliphatic rings. The fourth-order valence-electron chi connectivity index (χ4n) is 3.10. The smallest absolute Gasteiger partial charge is 0.407 e. The van der Waals surface area contributed by atoms with Crippen molar-refractivity contribution in [3.63, 3.8) is 0 Å². The molecule has 0 radical (unpaired) electrons. The summed E-state index contributed by atoms with van der Waals surface area (Å²) in [5, 5.41) is 14.4. The van der Waals surface area contributed by atoms with Crippen molar-refractivity contribution in [2.75, 3.05) is 18.0 Å². The number of nitrogens with one attached hydrogen (secondary N) is 1. The molecule has 9 heteroatoms. The van der Waals surface area contributed by atoms with E-state index >= 15 is 0 Å². The minimum Gasteiger partial charge on any atom is -0.444 e. The molecule has 2 unspecified atom stereocenters. The van der Waals surface area contributed by atoms with E-state index in [2.05, 4.69) is 17.2 Å². The lowest BCUT2D eigenvalue weighted by atomic mass is 9.90. The number of ether oxygens (including phenoxy) is 1. The van der Waals surface area contributed by atoms with Gasteiger partial charge in [-0.05, 0) is 39.5 Å². The van der Waals surface area contributed by atoms with Crippen molar-refractivity contribution in [1.29, 1.82) is 0 Å². The molecule has 1 fully saturated rings. The standard InChI is InChI=1S/C17H25ClN4O4/c1-11-6-5-7-21(14(11)10-20-16(23)26-17(2,3)4)15-13(22(24)25)8-12(18)9-19-15/h8-9,11,14H,5-7,10H2,1-4H3,(H,20,23). The zero-order valence-electron chi connectivity index (χ0n) is 15.5. The van der Waals surface area contributed by atoms with E-state index in [0.29, 0.717) is 13.1 Å². The first-order valence-electron chi connectivity index (χ1n) is 8.62. The molecule has 0 aliphatic carbocycles. The van der Waals surface area contributed by atoms with Crippen LogP contribution in [0.25, 0.3) is 0 Å². The molecule has 0 spiro atoms. The second-order valence-electron chi connectivity index (χ2n) is 7.52. The normalized spacial score (nSPS) is 20.6. The minimum atomic E-state index is -0.585. The monoisotopic (exact) mass is 384 g/mol. The predicted octanol–water partition coefficient (Wildman–Crippen LogP) is 3.77. The van der Waals surface area contributed by atoms with Crippen LogP contribution in [0.5, 0.6) is 0 Å². The number of piperidine rings is 1. The van der Waals surface area contributed by atoms with Crippen molar-refractivity contribution < 1.29 is 14.5 Å². The van der Waals surface area contributed by atoms with Gasteiger partial charge in [0, 0.05) is 25.4 Å². The zero-order chi connectivity index (χ0) is 19.5. The van der Waals surface area contributed by atoms with Gasteiger partial charge in [0.15, 0.2) is 0 Å². The van der Waals surface area contributed by atoms with Crippen molar-refractivity contribution in [1.82, 2.24) is 10.3 Å². The Morgan fingerprint density at radius 1 is 1.54 bits per heavy atom. The number of halogens is 1. The van der Waals surface area contributed by atoms with E-state index in [0.717, 1.165) is 12.8 Å². The van der Waals surface area contributed by atoms with Crippen molar-refractivity contribution in [3.8, 4) is 0 Å². The van der Waals surface area contributed by atoms with Crippen molar-refractivity contribution in [2.45, 2.75) is 52.2 Å². The molecule has 2 heterocycles. The number of amides is 1. The summed E-state index contributed by atoms with van der Waals surface area (Å²) in [6.07, 6.45) is 2.76. The van der Waals surface area contributed by atoms with Crippen LogP contribution in [0.15, 0.2) is 12.3 Å². The highest BCUT2D eigenvalue weighted by Gasteiger charge is 2.34. The van der Waals surface area contributed by atoms with Gasteiger partial charge < -0.3 is 15.0 Å². The Hall–Kier alpha value is -2.09. The third-order valence-corrected chi connectivity index (χ3v) is 4.46. The summed E-state index contributed by atoms with van der Waals surface area (Å²) in [7, 11) is 0. The van der Waals surface area contributed by atoms with Gasteiger partial charge in [-0.15, -0.1) is 0 Å². The SMILES string of the molecule is CC1CCCN(c2ncc(Cl)cc2[N+](=O)[O-])C1CNC(=O)OC(C)(C)C. The summed E-state index contributed by atoms with van der Waals surface area (Å²) in [5.41, 5.74) is -0.716. The van der Waals surface area contributed by atoms with Gasteiger partial charge in [-0.3, -0.25) is 10.1 Å². The molecule has 1 aliphatic heterocycles. The summed E-state index contributed by atoms with van der Waals surface area (Å²) in [6.45, 7) is 8.39. The quantitative estimate of drug-likeness (QED) is 0.626. The van der Waals surface area contributed by atoms with Gasteiger partial charge in [-0.1, -0.05) is 18.5 Å². The lowest BCUT2D eigenvalue weighted by Gasteiger charge is -2.40. The van der Waals surface area contributed by atoms with E-state index in [4.69, 9.17) is 16.3 Å². The molecule has 0 saturated carbocycles. The molecule has 1 amide bonds. The molecule has 8 nitrogen and oxygen atoms in total. The van der Waals surface area contributed by atoms with Gasteiger partial charge in [0.05, 0.1) is 16.0 Å². The summed E-state index contributed by atoms with van der Waals surface area (Å²) < 4.78 is 5.27. The highest BCUT2D eigenvalue weighted by molar-refractivity contribution is 6.30. The molecule has 1 saturated heterocycles. The summed E-state index contributed by atoms with van der Waals surface area (Å²) >= 11 is 5.87. The van der Waals surface area contributed by atoms with Crippen LogP contribution in [-0.4, -0.2) is 40.7 Å². The largest absolute Gasteiger partial charge is 0.444 e. The number of anilines is 1. The van der Waals surface area contributed by atoms with Crippen LogP contribution in [0.1, 0.15) is 40.5 Å². The molecule has 2 atom stereocenters. The first-order chi connectivity index (χ1) is 12.1. The minimum absolute atomic E-state index is 0.122. The number of carbonyl (C=O) groups excluding carboxylic acids is 1. The molecule has 1 aromatic rings. The average Bonchev–Trinajstić information content (AvgIpc) is 2.51. The fraction of sp³-hybridized carbons (Fsp3) is 0.647. The second kappa shape index (κ2) is 8.07. The van der Waals surface area contributed by atoms with Crippen LogP contribution in [0.4, 0.5) is 16.3 Å². The predicted molar refractivity (Wildman–Crippen MR) is 99.7 cm³/mol. The Morgan fingerprint density at radius 3 is 2.85 bits per heavy atom. The number of nitro groups is 1. The number of hydrogen-bond donors (Lipinski definition) is 1. The Bertz CT molecular complexity index is 677. The van der Waals surface area contributed by atoms with Crippen LogP contribution < -0.4 is 10.2 Å². The maximum absolute atomic E-state index is 12.0. The highest BCUT2D eigenvalue weighted by atomic mass is 35.5. The summed E-state index contributed by atoms with van der Waals surface area (Å²) in [6, 6.07) is 1.19. The number of nitrogens with zero attached hydrogens (tertiary/aromatic N) is 3. The topological polar surface area (TPSA) is 97.6 Å². The molecule has 0 bridgehead atoms. The Kier molecular flexibility index (Phi) is 6.28.